The van der Waals surface area contributed by atoms with E-state index < -0.39 is 0 Å². The molecule has 3 N–H and O–H groups in total. The minimum absolute atomic E-state index is 0.101. The zero-order chi connectivity index (χ0) is 22.3. The molecule has 4 rings (SSSR count). The van der Waals surface area contributed by atoms with E-state index in [1.807, 2.05) is 25.1 Å². The molecule has 0 aliphatic carbocycles. The Bertz CT molecular complexity index is 1180. The third-order valence-corrected chi connectivity index (χ3v) is 4.63. The fraction of sp³-hybridized carbons (Fsp3) is 0.227. The first-order chi connectivity index (χ1) is 15.7. The summed E-state index contributed by atoms with van der Waals surface area (Å²) in [7, 11) is 1.55. The fourth-order valence-corrected chi connectivity index (χ4v) is 3.02. The number of aryl methyl sites for hydroxylation is 1. The second-order valence-electron chi connectivity index (χ2n) is 6.87. The second kappa shape index (κ2) is 9.84. The molecule has 4 aromatic rings. The van der Waals surface area contributed by atoms with Crippen molar-refractivity contribution in [3.8, 4) is 39.9 Å². The highest BCUT2D eigenvalue weighted by atomic mass is 16.5. The zero-order valence-electron chi connectivity index (χ0n) is 17.7. The van der Waals surface area contributed by atoms with Crippen LogP contribution in [0.1, 0.15) is 12.1 Å². The van der Waals surface area contributed by atoms with Gasteiger partial charge in [-0.2, -0.15) is 10.1 Å². The highest BCUT2D eigenvalue weighted by Gasteiger charge is 2.14. The predicted molar refractivity (Wildman–Crippen MR) is 119 cm³/mol. The second-order valence-corrected chi connectivity index (χ2v) is 6.87. The molecule has 0 saturated carbocycles. The van der Waals surface area contributed by atoms with Gasteiger partial charge < -0.3 is 19.9 Å². The van der Waals surface area contributed by atoms with Gasteiger partial charge in [-0.1, -0.05) is 0 Å². The highest BCUT2D eigenvalue weighted by Crippen LogP contribution is 2.31. The quantitative estimate of drug-likeness (QED) is 0.340. The normalized spacial score (nSPS) is 10.7. The zero-order valence-corrected chi connectivity index (χ0v) is 17.7. The van der Waals surface area contributed by atoms with Crippen LogP contribution in [-0.2, 0) is 0 Å². The first kappa shape index (κ1) is 21.2. The monoisotopic (exact) mass is 433 g/mol. The lowest BCUT2D eigenvalue weighted by Gasteiger charge is -2.12. The van der Waals surface area contributed by atoms with Gasteiger partial charge in [-0.25, -0.2) is 9.97 Å². The summed E-state index contributed by atoms with van der Waals surface area (Å²) in [5.41, 5.74) is 3.68. The number of H-pyrrole nitrogens is 1. The molecule has 10 nitrogen and oxygen atoms in total. The lowest BCUT2D eigenvalue weighted by atomic mass is 10.2. The molecule has 0 spiro atoms. The van der Waals surface area contributed by atoms with Gasteiger partial charge in [0.2, 0.25) is 11.8 Å². The molecule has 164 valence electrons. The molecule has 0 amide bonds. The summed E-state index contributed by atoms with van der Waals surface area (Å²) in [6, 6.07) is 7.32. The first-order valence-electron chi connectivity index (χ1n) is 10.0. The van der Waals surface area contributed by atoms with E-state index in [0.717, 1.165) is 11.3 Å². The van der Waals surface area contributed by atoms with Crippen LogP contribution >= 0.6 is 0 Å². The molecular formula is C22H23N7O3. The van der Waals surface area contributed by atoms with E-state index in [9.17, 15) is 0 Å². The summed E-state index contributed by atoms with van der Waals surface area (Å²) in [6.07, 6.45) is 7.44. The smallest absolute Gasteiger partial charge is 0.227 e. The van der Waals surface area contributed by atoms with E-state index in [-0.39, 0.29) is 6.61 Å². The molecule has 0 aromatic carbocycles. The summed E-state index contributed by atoms with van der Waals surface area (Å²) in [4.78, 5) is 17.7. The van der Waals surface area contributed by atoms with Gasteiger partial charge in [0.25, 0.3) is 0 Å². The summed E-state index contributed by atoms with van der Waals surface area (Å²) in [5.74, 6) is 2.11. The maximum Gasteiger partial charge on any atom is 0.227 e. The number of pyridine rings is 2. The Balaban J connectivity index is 1.54. The molecule has 4 aromatic heterocycles. The number of anilines is 1. The van der Waals surface area contributed by atoms with Gasteiger partial charge in [0, 0.05) is 43.4 Å². The average molecular weight is 433 g/mol. The van der Waals surface area contributed by atoms with Gasteiger partial charge in [0.15, 0.2) is 0 Å². The third kappa shape index (κ3) is 4.81. The van der Waals surface area contributed by atoms with Crippen LogP contribution in [0.5, 0.6) is 17.4 Å². The van der Waals surface area contributed by atoms with Crippen molar-refractivity contribution in [3.63, 3.8) is 0 Å². The number of hydrogen-bond acceptors (Lipinski definition) is 9. The van der Waals surface area contributed by atoms with Crippen LogP contribution in [0, 0.1) is 6.92 Å². The van der Waals surface area contributed by atoms with Crippen molar-refractivity contribution in [2.24, 2.45) is 0 Å². The van der Waals surface area contributed by atoms with Crippen molar-refractivity contribution in [2.75, 3.05) is 25.6 Å². The van der Waals surface area contributed by atoms with Crippen LogP contribution in [0.25, 0.3) is 22.5 Å². The van der Waals surface area contributed by atoms with Crippen LogP contribution in [0.3, 0.4) is 0 Å². The predicted octanol–water partition coefficient (Wildman–Crippen LogP) is 3.23. The van der Waals surface area contributed by atoms with Gasteiger partial charge in [0.05, 0.1) is 36.0 Å². The molecule has 4 heterocycles. The number of rotatable bonds is 9. The number of aliphatic hydroxyl groups is 1. The first-order valence-corrected chi connectivity index (χ1v) is 10.0. The Morgan fingerprint density at radius 3 is 2.75 bits per heavy atom. The standard InChI is InChI=1S/C22H23N7O3/c1-14-20(32-16-6-8-23-19(10-16)15-11-26-27-12-15)5-4-18(28-14)17-13-25-22(24-7-3-9-30)29-21(17)31-2/h4-6,8,10-13,30H,3,7,9H2,1-2H3,(H,26,27)(H,24,25,29). The number of ether oxygens (including phenoxy) is 2. The Labute approximate surface area is 184 Å². The molecule has 0 unspecified atom stereocenters. The van der Waals surface area contributed by atoms with Crippen molar-refractivity contribution in [1.82, 2.24) is 30.1 Å². The summed E-state index contributed by atoms with van der Waals surface area (Å²) in [5, 5.41) is 18.7. The average Bonchev–Trinajstić information content (AvgIpc) is 3.36. The van der Waals surface area contributed by atoms with E-state index in [1.54, 1.807) is 38.0 Å². The van der Waals surface area contributed by atoms with E-state index in [0.29, 0.717) is 53.2 Å². The highest BCUT2D eigenvalue weighted by molar-refractivity contribution is 5.66. The minimum atomic E-state index is 0.101. The van der Waals surface area contributed by atoms with Gasteiger partial charge >= 0.3 is 0 Å². The number of aromatic nitrogens is 6. The van der Waals surface area contributed by atoms with Crippen molar-refractivity contribution < 1.29 is 14.6 Å². The largest absolute Gasteiger partial charge is 0.480 e. The molecule has 0 radical (unpaired) electrons. The topological polar surface area (TPSA) is 131 Å². The summed E-state index contributed by atoms with van der Waals surface area (Å²) >= 11 is 0. The van der Waals surface area contributed by atoms with Gasteiger partial charge in [-0.15, -0.1) is 0 Å². The van der Waals surface area contributed by atoms with E-state index in [4.69, 9.17) is 14.6 Å². The summed E-state index contributed by atoms with van der Waals surface area (Å²) in [6.45, 7) is 2.54. The van der Waals surface area contributed by atoms with Crippen molar-refractivity contribution >= 4 is 5.95 Å². The van der Waals surface area contributed by atoms with Crippen LogP contribution in [0.4, 0.5) is 5.95 Å². The Kier molecular flexibility index (Phi) is 6.52. The maximum absolute atomic E-state index is 8.91. The van der Waals surface area contributed by atoms with E-state index in [1.165, 1.54) is 0 Å². The molecular weight excluding hydrogens is 410 g/mol. The van der Waals surface area contributed by atoms with Crippen molar-refractivity contribution in [1.29, 1.82) is 0 Å². The lowest BCUT2D eigenvalue weighted by Crippen LogP contribution is -2.08. The number of hydrogen-bond donors (Lipinski definition) is 3. The number of nitrogens with one attached hydrogen (secondary N) is 2. The van der Waals surface area contributed by atoms with Gasteiger partial charge in [-0.3, -0.25) is 10.1 Å². The third-order valence-electron chi connectivity index (χ3n) is 4.63. The summed E-state index contributed by atoms with van der Waals surface area (Å²) < 4.78 is 11.5. The van der Waals surface area contributed by atoms with Gasteiger partial charge in [-0.05, 0) is 31.5 Å². The molecule has 0 aliphatic rings. The van der Waals surface area contributed by atoms with Crippen LogP contribution in [0.2, 0.25) is 0 Å². The Morgan fingerprint density at radius 1 is 1.09 bits per heavy atom. The number of methoxy groups -OCH3 is 1. The van der Waals surface area contributed by atoms with Crippen LogP contribution in [-0.4, -0.2) is 55.5 Å². The molecule has 32 heavy (non-hydrogen) atoms. The number of aliphatic hydroxyl groups excluding tert-OH is 1. The van der Waals surface area contributed by atoms with E-state index in [2.05, 4.69) is 35.5 Å². The van der Waals surface area contributed by atoms with E-state index >= 15 is 0 Å². The molecule has 0 atom stereocenters. The van der Waals surface area contributed by atoms with Crippen LogP contribution < -0.4 is 14.8 Å². The maximum atomic E-state index is 8.91. The Morgan fingerprint density at radius 2 is 2.00 bits per heavy atom. The van der Waals surface area contributed by atoms with Crippen LogP contribution in [0.15, 0.2) is 49.1 Å². The van der Waals surface area contributed by atoms with Crippen molar-refractivity contribution in [3.05, 3.63) is 54.7 Å². The fourth-order valence-electron chi connectivity index (χ4n) is 3.02. The van der Waals surface area contributed by atoms with Gasteiger partial charge in [0.1, 0.15) is 11.5 Å². The molecule has 0 aliphatic heterocycles. The molecule has 10 heteroatoms. The Hall–Kier alpha value is -4.05. The van der Waals surface area contributed by atoms with Crippen molar-refractivity contribution in [2.45, 2.75) is 13.3 Å². The molecule has 0 saturated heterocycles. The SMILES string of the molecule is COc1nc(NCCCO)ncc1-c1ccc(Oc2ccnc(-c3cn[nH]c3)c2)c(C)n1. The molecule has 0 bridgehead atoms. The molecule has 0 fully saturated rings. The minimum Gasteiger partial charge on any atom is -0.480 e. The number of nitrogens with zero attached hydrogens (tertiary/aromatic N) is 5. The number of aromatic amines is 1. The lowest BCUT2D eigenvalue weighted by molar-refractivity contribution is 0.292.